The summed E-state index contributed by atoms with van der Waals surface area (Å²) in [6.07, 6.45) is -4.29. The molecule has 0 radical (unpaired) electrons. The largest absolute Gasteiger partial charge is 0.416 e. The lowest BCUT2D eigenvalue weighted by molar-refractivity contribution is -0.137. The summed E-state index contributed by atoms with van der Waals surface area (Å²) in [4.78, 5) is 4.30. The van der Waals surface area contributed by atoms with Gasteiger partial charge >= 0.3 is 6.18 Å². The molecule has 0 aliphatic carbocycles. The highest BCUT2D eigenvalue weighted by Gasteiger charge is 2.30. The predicted octanol–water partition coefficient (Wildman–Crippen LogP) is 3.61. The lowest BCUT2D eigenvalue weighted by Crippen LogP contribution is -2.07. The first-order valence-electron chi connectivity index (χ1n) is 5.10. The van der Waals surface area contributed by atoms with Crippen LogP contribution in [0.4, 0.5) is 18.9 Å². The Hall–Kier alpha value is -1.17. The third-order valence-corrected chi connectivity index (χ3v) is 3.39. The molecule has 1 aliphatic heterocycles. The second-order valence-corrected chi connectivity index (χ2v) is 4.80. The van der Waals surface area contributed by atoms with E-state index >= 15 is 0 Å². The molecule has 6 heteroatoms. The SMILES string of the molecule is CC1CSC(Nc2ccc(C(F)(F)F)cc2)=N1. The van der Waals surface area contributed by atoms with Gasteiger partial charge in [0.25, 0.3) is 0 Å². The van der Waals surface area contributed by atoms with Crippen molar-refractivity contribution in [3.8, 4) is 0 Å². The average molecular weight is 260 g/mol. The van der Waals surface area contributed by atoms with Gasteiger partial charge in [0.05, 0.1) is 11.6 Å². The Labute approximate surface area is 101 Å². The normalized spacial score (nSPS) is 20.2. The van der Waals surface area contributed by atoms with Gasteiger partial charge in [-0.1, -0.05) is 11.8 Å². The molecule has 0 amide bonds. The van der Waals surface area contributed by atoms with Crippen LogP contribution in [0.25, 0.3) is 0 Å². The second kappa shape index (κ2) is 4.60. The van der Waals surface area contributed by atoms with E-state index < -0.39 is 11.7 Å². The zero-order valence-corrected chi connectivity index (χ0v) is 9.90. The van der Waals surface area contributed by atoms with Gasteiger partial charge in [0, 0.05) is 11.4 Å². The Morgan fingerprint density at radius 1 is 1.29 bits per heavy atom. The van der Waals surface area contributed by atoms with Gasteiger partial charge < -0.3 is 5.32 Å². The Bertz CT molecular complexity index is 425. The molecule has 1 heterocycles. The summed E-state index contributed by atoms with van der Waals surface area (Å²) < 4.78 is 37.0. The highest BCUT2D eigenvalue weighted by atomic mass is 32.2. The Morgan fingerprint density at radius 2 is 1.94 bits per heavy atom. The number of hydrogen-bond donors (Lipinski definition) is 1. The van der Waals surface area contributed by atoms with Gasteiger partial charge in [-0.2, -0.15) is 13.2 Å². The summed E-state index contributed by atoms with van der Waals surface area (Å²) in [6.45, 7) is 1.99. The number of nitrogens with zero attached hydrogens (tertiary/aromatic N) is 1. The number of anilines is 1. The summed E-state index contributed by atoms with van der Waals surface area (Å²) in [5, 5.41) is 3.76. The van der Waals surface area contributed by atoms with Crippen LogP contribution < -0.4 is 5.32 Å². The third-order valence-electron chi connectivity index (χ3n) is 2.26. The van der Waals surface area contributed by atoms with Gasteiger partial charge in [-0.3, -0.25) is 4.99 Å². The third kappa shape index (κ3) is 3.15. The Kier molecular flexibility index (Phi) is 3.33. The van der Waals surface area contributed by atoms with Gasteiger partial charge in [-0.15, -0.1) is 0 Å². The summed E-state index contributed by atoms with van der Waals surface area (Å²) in [5.41, 5.74) is -0.0178. The number of amidine groups is 1. The van der Waals surface area contributed by atoms with Crippen molar-refractivity contribution < 1.29 is 13.2 Å². The first-order chi connectivity index (χ1) is 7.95. The standard InChI is InChI=1S/C11H11F3N2S/c1-7-6-17-10(15-7)16-9-4-2-8(3-5-9)11(12,13)14/h2-5,7H,6H2,1H3,(H,15,16). The first-order valence-corrected chi connectivity index (χ1v) is 6.08. The minimum atomic E-state index is -4.29. The van der Waals surface area contributed by atoms with Crippen molar-refractivity contribution in [3.05, 3.63) is 29.8 Å². The monoisotopic (exact) mass is 260 g/mol. The lowest BCUT2D eigenvalue weighted by atomic mass is 10.2. The number of halogens is 3. The van der Waals surface area contributed by atoms with E-state index in [1.54, 1.807) is 11.8 Å². The van der Waals surface area contributed by atoms with E-state index in [2.05, 4.69) is 10.3 Å². The number of aliphatic imine (C=N–C) groups is 1. The van der Waals surface area contributed by atoms with Crippen molar-refractivity contribution in [2.75, 3.05) is 11.1 Å². The molecule has 1 atom stereocenters. The summed E-state index contributed by atoms with van der Waals surface area (Å²) in [6, 6.07) is 5.21. The molecule has 92 valence electrons. The quantitative estimate of drug-likeness (QED) is 0.834. The van der Waals surface area contributed by atoms with Gasteiger partial charge in [0.15, 0.2) is 5.17 Å². The molecule has 17 heavy (non-hydrogen) atoms. The van der Waals surface area contributed by atoms with Crippen LogP contribution in [0.2, 0.25) is 0 Å². The fraction of sp³-hybridized carbons (Fsp3) is 0.364. The van der Waals surface area contributed by atoms with E-state index in [4.69, 9.17) is 0 Å². The van der Waals surface area contributed by atoms with Gasteiger partial charge in [0.1, 0.15) is 0 Å². The number of thioether (sulfide) groups is 1. The Balaban J connectivity index is 2.06. The van der Waals surface area contributed by atoms with Crippen LogP contribution in [0.3, 0.4) is 0 Å². The second-order valence-electron chi connectivity index (χ2n) is 3.79. The molecule has 0 spiro atoms. The van der Waals surface area contributed by atoms with Crippen molar-refractivity contribution in [3.63, 3.8) is 0 Å². The topological polar surface area (TPSA) is 24.4 Å². The fourth-order valence-electron chi connectivity index (χ4n) is 1.41. The number of nitrogens with one attached hydrogen (secondary N) is 1. The van der Waals surface area contributed by atoms with Crippen LogP contribution in [0.1, 0.15) is 12.5 Å². The van der Waals surface area contributed by atoms with Gasteiger partial charge in [-0.25, -0.2) is 0 Å². The van der Waals surface area contributed by atoms with Gasteiger partial charge in [0.2, 0.25) is 0 Å². The molecule has 1 aliphatic rings. The molecular weight excluding hydrogens is 249 g/mol. The molecule has 1 N–H and O–H groups in total. The molecular formula is C11H11F3N2S. The molecule has 2 nitrogen and oxygen atoms in total. The highest BCUT2D eigenvalue weighted by molar-refractivity contribution is 8.14. The van der Waals surface area contributed by atoms with Crippen LogP contribution in [0, 0.1) is 0 Å². The zero-order chi connectivity index (χ0) is 12.5. The molecule has 1 aromatic carbocycles. The number of hydrogen-bond acceptors (Lipinski definition) is 3. The van der Waals surface area contributed by atoms with E-state index in [1.165, 1.54) is 12.1 Å². The molecule has 0 bridgehead atoms. The Morgan fingerprint density at radius 3 is 2.41 bits per heavy atom. The summed E-state index contributed by atoms with van der Waals surface area (Å²) >= 11 is 1.57. The van der Waals surface area contributed by atoms with Crippen molar-refractivity contribution in [2.45, 2.75) is 19.1 Å². The molecule has 2 rings (SSSR count). The van der Waals surface area contributed by atoms with E-state index in [0.717, 1.165) is 23.1 Å². The smallest absolute Gasteiger partial charge is 0.335 e. The van der Waals surface area contributed by atoms with Crippen molar-refractivity contribution in [2.24, 2.45) is 4.99 Å². The van der Waals surface area contributed by atoms with Gasteiger partial charge in [-0.05, 0) is 31.2 Å². The van der Waals surface area contributed by atoms with Crippen molar-refractivity contribution in [1.82, 2.24) is 0 Å². The number of benzene rings is 1. The minimum absolute atomic E-state index is 0.261. The summed E-state index contributed by atoms with van der Waals surface area (Å²) in [7, 11) is 0. The van der Waals surface area contributed by atoms with Crippen LogP contribution in [0.5, 0.6) is 0 Å². The maximum Gasteiger partial charge on any atom is 0.416 e. The van der Waals surface area contributed by atoms with Crippen molar-refractivity contribution in [1.29, 1.82) is 0 Å². The fourth-order valence-corrected chi connectivity index (χ4v) is 2.33. The lowest BCUT2D eigenvalue weighted by Gasteiger charge is -2.08. The van der Waals surface area contributed by atoms with E-state index in [0.29, 0.717) is 5.69 Å². The molecule has 0 saturated carbocycles. The van der Waals surface area contributed by atoms with Crippen LogP contribution in [-0.2, 0) is 6.18 Å². The number of alkyl halides is 3. The molecule has 1 unspecified atom stereocenters. The molecule has 0 saturated heterocycles. The van der Waals surface area contributed by atoms with Crippen molar-refractivity contribution >= 4 is 22.6 Å². The average Bonchev–Trinajstić information content (AvgIpc) is 2.63. The number of rotatable bonds is 1. The van der Waals surface area contributed by atoms with Crippen LogP contribution >= 0.6 is 11.8 Å². The molecule has 0 aromatic heterocycles. The van der Waals surface area contributed by atoms with Crippen LogP contribution in [-0.4, -0.2) is 17.0 Å². The zero-order valence-electron chi connectivity index (χ0n) is 9.08. The molecule has 1 aromatic rings. The van der Waals surface area contributed by atoms with E-state index in [-0.39, 0.29) is 6.04 Å². The van der Waals surface area contributed by atoms with E-state index in [9.17, 15) is 13.2 Å². The molecule has 0 fully saturated rings. The first kappa shape index (κ1) is 12.3. The summed E-state index contributed by atoms with van der Waals surface area (Å²) in [5.74, 6) is 0.906. The minimum Gasteiger partial charge on any atom is -0.335 e. The van der Waals surface area contributed by atoms with E-state index in [1.807, 2.05) is 6.92 Å². The maximum absolute atomic E-state index is 12.3. The maximum atomic E-state index is 12.3. The highest BCUT2D eigenvalue weighted by Crippen LogP contribution is 2.30. The predicted molar refractivity (Wildman–Crippen MR) is 64.4 cm³/mol. The van der Waals surface area contributed by atoms with Crippen LogP contribution in [0.15, 0.2) is 29.3 Å².